The number of ether oxygens (including phenoxy) is 2. The minimum absolute atomic E-state index is 0.00344. The third-order valence-corrected chi connectivity index (χ3v) is 6.76. The van der Waals surface area contributed by atoms with Gasteiger partial charge in [0.25, 0.3) is 16.8 Å². The maximum absolute atomic E-state index is 13.0. The zero-order chi connectivity index (χ0) is 25.8. The third kappa shape index (κ3) is 5.64. The Bertz CT molecular complexity index is 1380. The summed E-state index contributed by atoms with van der Waals surface area (Å²) in [5.74, 6) is 0.352. The highest BCUT2D eigenvalue weighted by atomic mass is 35.5. The molecule has 1 aliphatic heterocycles. The van der Waals surface area contributed by atoms with Gasteiger partial charge in [0.1, 0.15) is 6.61 Å². The fourth-order valence-corrected chi connectivity index (χ4v) is 4.73. The van der Waals surface area contributed by atoms with E-state index in [2.05, 4.69) is 0 Å². The average Bonchev–Trinajstić information content (AvgIpc) is 3.11. The minimum Gasteiger partial charge on any atom is -0.493 e. The molecule has 0 radical (unpaired) electrons. The number of benzene rings is 3. The number of carbonyl (C=O) groups is 2. The van der Waals surface area contributed by atoms with Crippen LogP contribution in [0.2, 0.25) is 10.0 Å². The summed E-state index contributed by atoms with van der Waals surface area (Å²) in [4.78, 5) is 37.3. The topological polar surface area (TPSA) is 99.0 Å². The van der Waals surface area contributed by atoms with Crippen molar-refractivity contribution in [3.05, 3.63) is 102 Å². The Morgan fingerprint density at radius 2 is 1.83 bits per heavy atom. The molecule has 0 atom stereocenters. The van der Waals surface area contributed by atoms with E-state index < -0.39 is 16.1 Å². The number of carbonyl (C=O) groups excluding carboxylic acids is 2. The molecular weight excluding hydrogens is 527 g/mol. The molecule has 2 amide bonds. The molecule has 184 valence electrons. The molecule has 8 nitrogen and oxygen atoms in total. The van der Waals surface area contributed by atoms with E-state index >= 15 is 0 Å². The Hall–Kier alpha value is -3.53. The molecule has 0 saturated carbocycles. The van der Waals surface area contributed by atoms with E-state index in [0.717, 1.165) is 16.7 Å². The van der Waals surface area contributed by atoms with E-state index in [9.17, 15) is 19.7 Å². The van der Waals surface area contributed by atoms with Gasteiger partial charge in [0, 0.05) is 33.3 Å². The summed E-state index contributed by atoms with van der Waals surface area (Å²) in [5.41, 5.74) is 1.77. The summed E-state index contributed by atoms with van der Waals surface area (Å²) >= 11 is 13.0. The number of imide groups is 1. The first-order valence-corrected chi connectivity index (χ1v) is 12.1. The van der Waals surface area contributed by atoms with E-state index in [4.69, 9.17) is 32.7 Å². The van der Waals surface area contributed by atoms with Crippen molar-refractivity contribution >= 4 is 57.9 Å². The molecule has 0 aromatic heterocycles. The van der Waals surface area contributed by atoms with Crippen LogP contribution in [0.1, 0.15) is 16.7 Å². The van der Waals surface area contributed by atoms with Gasteiger partial charge >= 0.3 is 0 Å². The second-order valence-electron chi connectivity index (χ2n) is 7.59. The molecule has 1 heterocycles. The minimum atomic E-state index is -0.513. The Kier molecular flexibility index (Phi) is 7.83. The smallest absolute Gasteiger partial charge is 0.293 e. The molecule has 0 bridgehead atoms. The zero-order valence-corrected chi connectivity index (χ0v) is 21.1. The monoisotopic (exact) mass is 544 g/mol. The molecule has 0 spiro atoms. The maximum atomic E-state index is 13.0. The summed E-state index contributed by atoms with van der Waals surface area (Å²) in [5, 5.41) is 11.4. The van der Waals surface area contributed by atoms with E-state index in [0.29, 0.717) is 38.2 Å². The van der Waals surface area contributed by atoms with E-state index in [-0.39, 0.29) is 23.7 Å². The van der Waals surface area contributed by atoms with Gasteiger partial charge in [-0.05, 0) is 41.6 Å². The summed E-state index contributed by atoms with van der Waals surface area (Å²) in [6.07, 6.45) is 1.57. The third-order valence-electron chi connectivity index (χ3n) is 5.26. The number of non-ortho nitro benzene ring substituents is 1. The van der Waals surface area contributed by atoms with Crippen molar-refractivity contribution in [3.8, 4) is 11.5 Å². The lowest BCUT2D eigenvalue weighted by Crippen LogP contribution is -2.27. The standard InChI is InChI=1S/C25H18Cl2N2O6S/c1-34-21-4-2-3-16(23(21)35-14-17-7-8-18(26)12-20(17)27)11-22-24(30)28(25(31)36-22)13-15-5-9-19(10-6-15)29(32)33/h2-12H,13-14H2,1H3/b22-11-. The van der Waals surface area contributed by atoms with Crippen molar-refractivity contribution in [2.75, 3.05) is 7.11 Å². The van der Waals surface area contributed by atoms with Gasteiger partial charge in [-0.15, -0.1) is 0 Å². The second-order valence-corrected chi connectivity index (χ2v) is 9.43. The number of amides is 2. The van der Waals surface area contributed by atoms with Gasteiger partial charge in [-0.25, -0.2) is 0 Å². The van der Waals surface area contributed by atoms with Crippen LogP contribution in [0.5, 0.6) is 11.5 Å². The Morgan fingerprint density at radius 3 is 2.50 bits per heavy atom. The van der Waals surface area contributed by atoms with Gasteiger partial charge in [-0.3, -0.25) is 24.6 Å². The first-order valence-electron chi connectivity index (χ1n) is 10.5. The maximum Gasteiger partial charge on any atom is 0.293 e. The highest BCUT2D eigenvalue weighted by Gasteiger charge is 2.35. The first kappa shape index (κ1) is 25.6. The normalized spacial score (nSPS) is 14.4. The van der Waals surface area contributed by atoms with Crippen molar-refractivity contribution in [2.24, 2.45) is 0 Å². The van der Waals surface area contributed by atoms with Crippen LogP contribution in [0.15, 0.2) is 65.6 Å². The highest BCUT2D eigenvalue weighted by Crippen LogP contribution is 2.38. The fourth-order valence-electron chi connectivity index (χ4n) is 3.43. The van der Waals surface area contributed by atoms with Crippen LogP contribution in [0.4, 0.5) is 10.5 Å². The van der Waals surface area contributed by atoms with Crippen LogP contribution < -0.4 is 9.47 Å². The molecule has 3 aromatic rings. The van der Waals surface area contributed by atoms with Crippen molar-refractivity contribution in [1.29, 1.82) is 0 Å². The van der Waals surface area contributed by atoms with Gasteiger partial charge in [0.15, 0.2) is 11.5 Å². The Labute approximate surface area is 220 Å². The van der Waals surface area contributed by atoms with Crippen LogP contribution >= 0.6 is 35.0 Å². The Balaban J connectivity index is 1.57. The van der Waals surface area contributed by atoms with Crippen LogP contribution in [0.3, 0.4) is 0 Å². The quantitative estimate of drug-likeness (QED) is 0.176. The zero-order valence-electron chi connectivity index (χ0n) is 18.8. The predicted octanol–water partition coefficient (Wildman–Crippen LogP) is 6.73. The number of thioether (sulfide) groups is 1. The summed E-state index contributed by atoms with van der Waals surface area (Å²) in [6, 6.07) is 16.0. The molecule has 0 aliphatic carbocycles. The molecule has 0 N–H and O–H groups in total. The SMILES string of the molecule is COc1cccc(/C=C2\SC(=O)N(Cc3ccc([N+](=O)[O-])cc3)C2=O)c1OCc1ccc(Cl)cc1Cl. The molecule has 4 rings (SSSR count). The van der Waals surface area contributed by atoms with Crippen molar-refractivity contribution in [3.63, 3.8) is 0 Å². The number of hydrogen-bond donors (Lipinski definition) is 0. The number of nitro benzene ring substituents is 1. The van der Waals surface area contributed by atoms with E-state index in [1.54, 1.807) is 42.5 Å². The number of methoxy groups -OCH3 is 1. The number of nitrogens with zero attached hydrogens (tertiary/aromatic N) is 2. The lowest BCUT2D eigenvalue weighted by atomic mass is 10.1. The number of hydrogen-bond acceptors (Lipinski definition) is 7. The molecule has 11 heteroatoms. The largest absolute Gasteiger partial charge is 0.493 e. The summed E-state index contributed by atoms with van der Waals surface area (Å²) < 4.78 is 11.5. The molecule has 3 aromatic carbocycles. The number of halogens is 2. The highest BCUT2D eigenvalue weighted by molar-refractivity contribution is 8.18. The summed E-state index contributed by atoms with van der Waals surface area (Å²) in [7, 11) is 1.50. The molecule has 1 fully saturated rings. The molecular formula is C25H18Cl2N2O6S. The average molecular weight is 545 g/mol. The lowest BCUT2D eigenvalue weighted by molar-refractivity contribution is -0.384. The predicted molar refractivity (Wildman–Crippen MR) is 138 cm³/mol. The van der Waals surface area contributed by atoms with Crippen molar-refractivity contribution < 1.29 is 24.0 Å². The summed E-state index contributed by atoms with van der Waals surface area (Å²) in [6.45, 7) is 0.120. The van der Waals surface area contributed by atoms with Gasteiger partial charge in [-0.2, -0.15) is 0 Å². The van der Waals surface area contributed by atoms with Crippen molar-refractivity contribution in [1.82, 2.24) is 4.90 Å². The van der Waals surface area contributed by atoms with Gasteiger partial charge in [0.2, 0.25) is 0 Å². The van der Waals surface area contributed by atoms with Crippen LogP contribution in [-0.4, -0.2) is 28.1 Å². The van der Waals surface area contributed by atoms with Crippen LogP contribution in [0, 0.1) is 10.1 Å². The molecule has 0 unspecified atom stereocenters. The lowest BCUT2D eigenvalue weighted by Gasteiger charge is -2.15. The van der Waals surface area contributed by atoms with Crippen LogP contribution in [-0.2, 0) is 17.9 Å². The van der Waals surface area contributed by atoms with Gasteiger partial charge < -0.3 is 9.47 Å². The number of nitro groups is 1. The van der Waals surface area contributed by atoms with Crippen molar-refractivity contribution in [2.45, 2.75) is 13.2 Å². The van der Waals surface area contributed by atoms with Gasteiger partial charge in [-0.1, -0.05) is 53.5 Å². The number of para-hydroxylation sites is 1. The van der Waals surface area contributed by atoms with Crippen LogP contribution in [0.25, 0.3) is 6.08 Å². The fraction of sp³-hybridized carbons (Fsp3) is 0.120. The molecule has 1 saturated heterocycles. The Morgan fingerprint density at radius 1 is 1.08 bits per heavy atom. The van der Waals surface area contributed by atoms with E-state index in [1.807, 2.05) is 0 Å². The second kappa shape index (κ2) is 11.0. The number of rotatable bonds is 8. The molecule has 36 heavy (non-hydrogen) atoms. The first-order chi connectivity index (χ1) is 17.3. The van der Waals surface area contributed by atoms with E-state index in [1.165, 1.54) is 31.4 Å². The van der Waals surface area contributed by atoms with Gasteiger partial charge in [0.05, 0.1) is 23.5 Å². The molecule has 1 aliphatic rings.